The minimum Gasteiger partial charge on any atom is -0.325 e. The van der Waals surface area contributed by atoms with E-state index >= 15 is 0 Å². The van der Waals surface area contributed by atoms with E-state index in [1.807, 2.05) is 6.92 Å². The predicted octanol–water partition coefficient (Wildman–Crippen LogP) is 1.39. The van der Waals surface area contributed by atoms with Gasteiger partial charge in [-0.25, -0.2) is 4.98 Å². The summed E-state index contributed by atoms with van der Waals surface area (Å²) >= 11 is 3.23. The zero-order valence-electron chi connectivity index (χ0n) is 7.88. The smallest absolute Gasteiger partial charge is 0.238 e. The maximum Gasteiger partial charge on any atom is 0.238 e. The third-order valence-electron chi connectivity index (χ3n) is 1.55. The number of halogens is 1. The van der Waals surface area contributed by atoms with Gasteiger partial charge in [0, 0.05) is 11.9 Å². The summed E-state index contributed by atoms with van der Waals surface area (Å²) in [6.07, 6.45) is 1.63. The second-order valence-electron chi connectivity index (χ2n) is 2.70. The van der Waals surface area contributed by atoms with Crippen molar-refractivity contribution in [3.63, 3.8) is 0 Å². The van der Waals surface area contributed by atoms with Gasteiger partial charge >= 0.3 is 0 Å². The first-order valence-corrected chi connectivity index (χ1v) is 5.14. The number of anilines is 1. The predicted molar refractivity (Wildman–Crippen MR) is 59.1 cm³/mol. The molecule has 14 heavy (non-hydrogen) atoms. The number of carbonyl (C=O) groups excluding carboxylic acids is 1. The summed E-state index contributed by atoms with van der Waals surface area (Å²) < 4.78 is 0.707. The van der Waals surface area contributed by atoms with Crippen LogP contribution in [0.5, 0.6) is 0 Å². The Hall–Kier alpha value is -0.940. The topological polar surface area (TPSA) is 54.0 Å². The van der Waals surface area contributed by atoms with Gasteiger partial charge in [0.1, 0.15) is 4.60 Å². The number of pyridine rings is 1. The number of nitrogens with zero attached hydrogens (tertiary/aromatic N) is 1. The fourth-order valence-electron chi connectivity index (χ4n) is 0.924. The van der Waals surface area contributed by atoms with Gasteiger partial charge in [-0.05, 0) is 34.6 Å². The number of rotatable bonds is 4. The molecule has 1 aromatic heterocycles. The van der Waals surface area contributed by atoms with Crippen molar-refractivity contribution in [3.8, 4) is 0 Å². The molecule has 0 spiro atoms. The summed E-state index contributed by atoms with van der Waals surface area (Å²) in [5.41, 5.74) is 0.745. The lowest BCUT2D eigenvalue weighted by atomic mass is 10.4. The van der Waals surface area contributed by atoms with Crippen LogP contribution in [0.3, 0.4) is 0 Å². The van der Waals surface area contributed by atoms with Crippen molar-refractivity contribution in [1.29, 1.82) is 0 Å². The third-order valence-corrected chi connectivity index (χ3v) is 1.98. The Morgan fingerprint density at radius 3 is 3.07 bits per heavy atom. The van der Waals surface area contributed by atoms with E-state index in [9.17, 15) is 4.79 Å². The van der Waals surface area contributed by atoms with E-state index in [0.717, 1.165) is 12.2 Å². The molecule has 0 saturated heterocycles. The van der Waals surface area contributed by atoms with Crippen LogP contribution in [0.15, 0.2) is 22.9 Å². The number of aromatic nitrogens is 1. The minimum absolute atomic E-state index is 0.0510. The van der Waals surface area contributed by atoms with Crippen LogP contribution >= 0.6 is 15.9 Å². The average Bonchev–Trinajstić information content (AvgIpc) is 2.15. The van der Waals surface area contributed by atoms with E-state index in [1.165, 1.54) is 0 Å². The van der Waals surface area contributed by atoms with Crippen molar-refractivity contribution < 1.29 is 4.79 Å². The van der Waals surface area contributed by atoms with Crippen LogP contribution in [-0.4, -0.2) is 24.0 Å². The van der Waals surface area contributed by atoms with E-state index in [2.05, 4.69) is 31.5 Å². The molecule has 0 aliphatic carbocycles. The van der Waals surface area contributed by atoms with Gasteiger partial charge in [0.25, 0.3) is 0 Å². The lowest BCUT2D eigenvalue weighted by molar-refractivity contribution is -0.115. The Balaban J connectivity index is 2.47. The van der Waals surface area contributed by atoms with Gasteiger partial charge in [-0.15, -0.1) is 0 Å². The standard InChI is InChI=1S/C9H12BrN3O/c1-2-11-6-9(14)13-7-3-4-12-8(10)5-7/h3-5,11H,2,6H2,1H3,(H,12,13,14). The third kappa shape index (κ3) is 3.85. The molecule has 0 aliphatic rings. The summed E-state index contributed by atoms with van der Waals surface area (Å²) in [6.45, 7) is 3.07. The molecule has 0 atom stereocenters. The van der Waals surface area contributed by atoms with Crippen molar-refractivity contribution >= 4 is 27.5 Å². The number of amides is 1. The van der Waals surface area contributed by atoms with Crippen molar-refractivity contribution in [1.82, 2.24) is 10.3 Å². The Labute approximate surface area is 91.2 Å². The molecular formula is C9H12BrN3O. The Kier molecular flexibility index (Phi) is 4.55. The first-order valence-electron chi connectivity index (χ1n) is 4.34. The summed E-state index contributed by atoms with van der Waals surface area (Å²) in [5, 5.41) is 5.69. The van der Waals surface area contributed by atoms with Gasteiger partial charge in [0.05, 0.1) is 6.54 Å². The first-order chi connectivity index (χ1) is 6.72. The van der Waals surface area contributed by atoms with Gasteiger partial charge in [-0.3, -0.25) is 4.79 Å². The molecule has 4 nitrogen and oxygen atoms in total. The van der Waals surface area contributed by atoms with Crippen LogP contribution in [0.25, 0.3) is 0 Å². The normalized spacial score (nSPS) is 9.86. The molecule has 1 amide bonds. The molecule has 0 radical (unpaired) electrons. The number of carbonyl (C=O) groups is 1. The van der Waals surface area contributed by atoms with Crippen molar-refractivity contribution in [2.24, 2.45) is 0 Å². The lowest BCUT2D eigenvalue weighted by Crippen LogP contribution is -2.27. The van der Waals surface area contributed by atoms with Crippen LogP contribution in [0.1, 0.15) is 6.92 Å². The molecule has 1 rings (SSSR count). The molecule has 0 aromatic carbocycles. The number of nitrogens with one attached hydrogen (secondary N) is 2. The second-order valence-corrected chi connectivity index (χ2v) is 3.51. The summed E-state index contributed by atoms with van der Waals surface area (Å²) in [6, 6.07) is 3.50. The highest BCUT2D eigenvalue weighted by Crippen LogP contribution is 2.11. The van der Waals surface area contributed by atoms with E-state index < -0.39 is 0 Å². The summed E-state index contributed by atoms with van der Waals surface area (Å²) in [4.78, 5) is 15.2. The molecule has 2 N–H and O–H groups in total. The second kappa shape index (κ2) is 5.72. The van der Waals surface area contributed by atoms with E-state index in [0.29, 0.717) is 11.1 Å². The molecular weight excluding hydrogens is 246 g/mol. The SMILES string of the molecule is CCNCC(=O)Nc1ccnc(Br)c1. The maximum atomic E-state index is 11.3. The molecule has 0 unspecified atom stereocenters. The van der Waals surface area contributed by atoms with Crippen LogP contribution < -0.4 is 10.6 Å². The Bertz CT molecular complexity index is 317. The zero-order valence-corrected chi connectivity index (χ0v) is 9.47. The fraction of sp³-hybridized carbons (Fsp3) is 0.333. The largest absolute Gasteiger partial charge is 0.325 e. The van der Waals surface area contributed by atoms with Gasteiger partial charge in [0.15, 0.2) is 0 Å². The maximum absolute atomic E-state index is 11.3. The van der Waals surface area contributed by atoms with Crippen LogP contribution in [0, 0.1) is 0 Å². The highest BCUT2D eigenvalue weighted by molar-refractivity contribution is 9.10. The molecule has 0 bridgehead atoms. The average molecular weight is 258 g/mol. The van der Waals surface area contributed by atoms with E-state index in [1.54, 1.807) is 18.3 Å². The van der Waals surface area contributed by atoms with E-state index in [-0.39, 0.29) is 5.91 Å². The van der Waals surface area contributed by atoms with Crippen molar-refractivity contribution in [3.05, 3.63) is 22.9 Å². The summed E-state index contributed by atoms with van der Waals surface area (Å²) in [7, 11) is 0. The highest BCUT2D eigenvalue weighted by atomic mass is 79.9. The van der Waals surface area contributed by atoms with Crippen molar-refractivity contribution in [2.45, 2.75) is 6.92 Å². The van der Waals surface area contributed by atoms with E-state index in [4.69, 9.17) is 0 Å². The first kappa shape index (κ1) is 11.1. The van der Waals surface area contributed by atoms with Gasteiger partial charge in [-0.2, -0.15) is 0 Å². The number of hydrogen-bond acceptors (Lipinski definition) is 3. The monoisotopic (exact) mass is 257 g/mol. The quantitative estimate of drug-likeness (QED) is 0.802. The molecule has 0 fully saturated rings. The van der Waals surface area contributed by atoms with Crippen LogP contribution in [0.2, 0.25) is 0 Å². The highest BCUT2D eigenvalue weighted by Gasteiger charge is 2.00. The van der Waals surface area contributed by atoms with Crippen LogP contribution in [0.4, 0.5) is 5.69 Å². The molecule has 0 aliphatic heterocycles. The van der Waals surface area contributed by atoms with Gasteiger partial charge in [0.2, 0.25) is 5.91 Å². The minimum atomic E-state index is -0.0510. The zero-order chi connectivity index (χ0) is 10.4. The molecule has 5 heteroatoms. The van der Waals surface area contributed by atoms with Gasteiger partial charge < -0.3 is 10.6 Å². The molecule has 0 saturated carbocycles. The number of hydrogen-bond donors (Lipinski definition) is 2. The van der Waals surface area contributed by atoms with Crippen LogP contribution in [-0.2, 0) is 4.79 Å². The molecule has 1 heterocycles. The molecule has 1 aromatic rings. The summed E-state index contributed by atoms with van der Waals surface area (Å²) in [5.74, 6) is -0.0510. The Morgan fingerprint density at radius 1 is 1.64 bits per heavy atom. The Morgan fingerprint density at radius 2 is 2.43 bits per heavy atom. The lowest BCUT2D eigenvalue weighted by Gasteiger charge is -2.04. The van der Waals surface area contributed by atoms with Gasteiger partial charge in [-0.1, -0.05) is 6.92 Å². The number of likely N-dealkylation sites (N-methyl/N-ethyl adjacent to an activating group) is 1. The van der Waals surface area contributed by atoms with Crippen molar-refractivity contribution in [2.75, 3.05) is 18.4 Å². The molecule has 76 valence electrons. The fourth-order valence-corrected chi connectivity index (χ4v) is 1.29.